The van der Waals surface area contributed by atoms with Crippen LogP contribution in [0.15, 0.2) is 70.2 Å². The highest BCUT2D eigenvalue weighted by Gasteiger charge is 2.24. The third-order valence-corrected chi connectivity index (χ3v) is 5.27. The lowest BCUT2D eigenvalue weighted by Gasteiger charge is -2.17. The van der Waals surface area contributed by atoms with E-state index in [1.165, 1.54) is 16.5 Å². The number of anilines is 1. The number of carbonyl (C=O) groups is 1. The van der Waals surface area contributed by atoms with Gasteiger partial charge in [-0.05, 0) is 18.1 Å². The number of aryl methyl sites for hydroxylation is 1. The maximum Gasteiger partial charge on any atom is 0.266 e. The minimum Gasteiger partial charge on any atom is -0.335 e. The molecule has 2 aromatic heterocycles. The number of aromatic nitrogens is 3. The van der Waals surface area contributed by atoms with Gasteiger partial charge in [0.25, 0.3) is 11.3 Å². The molecule has 0 unspecified atom stereocenters. The molecule has 0 bridgehead atoms. The van der Waals surface area contributed by atoms with Gasteiger partial charge in [0.1, 0.15) is 17.4 Å². The monoisotopic (exact) mass is 386 g/mol. The van der Waals surface area contributed by atoms with Gasteiger partial charge in [-0.15, -0.1) is 0 Å². The average Bonchev–Trinajstić information content (AvgIpc) is 3.38. The lowest BCUT2D eigenvalue weighted by atomic mass is 10.1. The van der Waals surface area contributed by atoms with Crippen molar-refractivity contribution in [1.82, 2.24) is 14.7 Å². The smallest absolute Gasteiger partial charge is 0.266 e. The number of rotatable bonds is 4. The van der Waals surface area contributed by atoms with Crippen molar-refractivity contribution in [1.29, 1.82) is 0 Å². The van der Waals surface area contributed by atoms with E-state index in [1.807, 2.05) is 54.6 Å². The van der Waals surface area contributed by atoms with Gasteiger partial charge in [-0.25, -0.2) is 4.98 Å². The van der Waals surface area contributed by atoms with Crippen molar-refractivity contribution in [2.45, 2.75) is 19.4 Å². The molecule has 5 rings (SSSR count). The van der Waals surface area contributed by atoms with Gasteiger partial charge >= 0.3 is 0 Å². The largest absolute Gasteiger partial charge is 0.335 e. The predicted octanol–water partition coefficient (Wildman–Crippen LogP) is 3.03. The number of carbonyl (C=O) groups excluding carboxylic acids is 1. The lowest BCUT2D eigenvalue weighted by molar-refractivity contribution is -0.118. The first-order chi connectivity index (χ1) is 14.2. The molecule has 0 radical (unpaired) electrons. The van der Waals surface area contributed by atoms with Crippen LogP contribution < -0.4 is 10.5 Å². The molecule has 0 fully saturated rings. The molecular formula is C22H18N4O3. The molecule has 0 saturated heterocycles. The van der Waals surface area contributed by atoms with Gasteiger partial charge in [-0.3, -0.25) is 14.2 Å². The second kappa shape index (κ2) is 7.01. The summed E-state index contributed by atoms with van der Waals surface area (Å²) in [5.41, 5.74) is 3.33. The fourth-order valence-corrected chi connectivity index (χ4v) is 3.78. The third-order valence-electron chi connectivity index (χ3n) is 5.27. The van der Waals surface area contributed by atoms with E-state index in [9.17, 15) is 9.59 Å². The molecule has 1 amide bonds. The van der Waals surface area contributed by atoms with Gasteiger partial charge in [0, 0.05) is 30.8 Å². The molecular weight excluding hydrogens is 368 g/mol. The third kappa shape index (κ3) is 3.00. The van der Waals surface area contributed by atoms with Crippen LogP contribution in [0.3, 0.4) is 0 Å². The van der Waals surface area contributed by atoms with Crippen molar-refractivity contribution >= 4 is 22.7 Å². The van der Waals surface area contributed by atoms with Crippen LogP contribution >= 0.6 is 0 Å². The van der Waals surface area contributed by atoms with Crippen LogP contribution in [-0.2, 0) is 17.8 Å². The number of nitrogens with zero attached hydrogens (tertiary/aromatic N) is 4. The number of benzene rings is 2. The summed E-state index contributed by atoms with van der Waals surface area (Å²) in [4.78, 5) is 31.8. The zero-order valence-electron chi connectivity index (χ0n) is 15.6. The first kappa shape index (κ1) is 17.4. The minimum atomic E-state index is -0.260. The van der Waals surface area contributed by atoms with Crippen LogP contribution in [-0.4, -0.2) is 27.2 Å². The van der Waals surface area contributed by atoms with Crippen LogP contribution in [0, 0.1) is 0 Å². The molecule has 0 saturated carbocycles. The second-order valence-electron chi connectivity index (χ2n) is 6.99. The van der Waals surface area contributed by atoms with Crippen LogP contribution in [0.25, 0.3) is 22.4 Å². The highest BCUT2D eigenvalue weighted by atomic mass is 16.5. The van der Waals surface area contributed by atoms with E-state index in [0.717, 1.165) is 17.7 Å². The molecule has 1 aliphatic rings. The van der Waals surface area contributed by atoms with Crippen molar-refractivity contribution in [2.24, 2.45) is 0 Å². The normalized spacial score (nSPS) is 13.0. The Balaban J connectivity index is 1.41. The number of hydrogen-bond acceptors (Lipinski definition) is 5. The molecule has 0 spiro atoms. The number of amides is 1. The minimum absolute atomic E-state index is 0.00412. The molecule has 2 aromatic carbocycles. The van der Waals surface area contributed by atoms with Gasteiger partial charge in [0.15, 0.2) is 0 Å². The first-order valence-electron chi connectivity index (χ1n) is 9.51. The Morgan fingerprint density at radius 2 is 1.86 bits per heavy atom. The standard InChI is InChI=1S/C22H18N4O3/c27-18(26-13-10-15-6-4-5-9-17(15)26)11-12-25-14-23-21-19(22(25)28)20(24-29-21)16-7-2-1-3-8-16/h1-9,14H,10-13H2. The van der Waals surface area contributed by atoms with Crippen LogP contribution in [0.5, 0.6) is 0 Å². The summed E-state index contributed by atoms with van der Waals surface area (Å²) in [6.07, 6.45) is 2.49. The molecule has 0 N–H and O–H groups in total. The molecule has 7 nitrogen and oxygen atoms in total. The van der Waals surface area contributed by atoms with Crippen molar-refractivity contribution in [3.8, 4) is 11.3 Å². The van der Waals surface area contributed by atoms with Crippen LogP contribution in [0.2, 0.25) is 0 Å². The molecule has 3 heterocycles. The van der Waals surface area contributed by atoms with Gasteiger partial charge in [-0.2, -0.15) is 0 Å². The van der Waals surface area contributed by atoms with E-state index in [0.29, 0.717) is 17.6 Å². The van der Waals surface area contributed by atoms with Crippen molar-refractivity contribution in [3.63, 3.8) is 0 Å². The van der Waals surface area contributed by atoms with Gasteiger partial charge in [0.2, 0.25) is 5.91 Å². The highest BCUT2D eigenvalue weighted by molar-refractivity contribution is 5.95. The molecule has 4 aromatic rings. The molecule has 7 heteroatoms. The first-order valence-corrected chi connectivity index (χ1v) is 9.51. The van der Waals surface area contributed by atoms with Gasteiger partial charge in [0.05, 0.1) is 0 Å². The van der Waals surface area contributed by atoms with Gasteiger partial charge in [-0.1, -0.05) is 53.7 Å². The Hall–Kier alpha value is -3.74. The summed E-state index contributed by atoms with van der Waals surface area (Å²) in [7, 11) is 0. The van der Waals surface area contributed by atoms with Crippen LogP contribution in [0.4, 0.5) is 5.69 Å². The Morgan fingerprint density at radius 3 is 2.72 bits per heavy atom. The van der Waals surface area contributed by atoms with Crippen LogP contribution in [0.1, 0.15) is 12.0 Å². The van der Waals surface area contributed by atoms with Crippen molar-refractivity contribution in [2.75, 3.05) is 11.4 Å². The zero-order chi connectivity index (χ0) is 19.8. The number of para-hydroxylation sites is 1. The Bertz CT molecular complexity index is 1260. The topological polar surface area (TPSA) is 81.2 Å². The summed E-state index contributed by atoms with van der Waals surface area (Å²) in [6, 6.07) is 17.3. The van der Waals surface area contributed by atoms with E-state index in [2.05, 4.69) is 10.1 Å². The fraction of sp³-hybridized carbons (Fsp3) is 0.182. The average molecular weight is 386 g/mol. The molecule has 1 aliphatic heterocycles. The van der Waals surface area contributed by atoms with Gasteiger partial charge < -0.3 is 9.42 Å². The van der Waals surface area contributed by atoms with E-state index in [4.69, 9.17) is 4.52 Å². The SMILES string of the molecule is O=C(CCn1cnc2onc(-c3ccccc3)c2c1=O)N1CCc2ccccc21. The summed E-state index contributed by atoms with van der Waals surface area (Å²) in [5.74, 6) is -0.00412. The zero-order valence-corrected chi connectivity index (χ0v) is 15.6. The molecule has 0 aliphatic carbocycles. The van der Waals surface area contributed by atoms with E-state index in [-0.39, 0.29) is 30.1 Å². The number of fused-ring (bicyclic) bond motifs is 2. The molecule has 144 valence electrons. The molecule has 29 heavy (non-hydrogen) atoms. The quantitative estimate of drug-likeness (QED) is 0.538. The van der Waals surface area contributed by atoms with Crippen molar-refractivity contribution < 1.29 is 9.32 Å². The lowest BCUT2D eigenvalue weighted by Crippen LogP contribution is -2.31. The predicted molar refractivity (Wildman–Crippen MR) is 109 cm³/mol. The van der Waals surface area contributed by atoms with E-state index < -0.39 is 0 Å². The van der Waals surface area contributed by atoms with Crippen molar-refractivity contribution in [3.05, 3.63) is 76.8 Å². The van der Waals surface area contributed by atoms with E-state index in [1.54, 1.807) is 4.90 Å². The Morgan fingerprint density at radius 1 is 1.07 bits per heavy atom. The second-order valence-corrected chi connectivity index (χ2v) is 6.99. The highest BCUT2D eigenvalue weighted by Crippen LogP contribution is 2.28. The Kier molecular flexibility index (Phi) is 4.20. The Labute approximate surface area is 166 Å². The maximum absolute atomic E-state index is 13.0. The molecule has 0 atom stereocenters. The number of hydrogen-bond donors (Lipinski definition) is 0. The summed E-state index contributed by atoms with van der Waals surface area (Å²) >= 11 is 0. The summed E-state index contributed by atoms with van der Waals surface area (Å²) in [6.45, 7) is 0.923. The maximum atomic E-state index is 13.0. The summed E-state index contributed by atoms with van der Waals surface area (Å²) in [5, 5.41) is 4.36. The fourth-order valence-electron chi connectivity index (χ4n) is 3.78. The summed E-state index contributed by atoms with van der Waals surface area (Å²) < 4.78 is 6.69. The van der Waals surface area contributed by atoms with E-state index >= 15 is 0 Å².